The van der Waals surface area contributed by atoms with Crippen molar-refractivity contribution in [3.8, 4) is 5.75 Å². The van der Waals surface area contributed by atoms with Gasteiger partial charge < -0.3 is 9.47 Å². The molecule has 0 saturated heterocycles. The van der Waals surface area contributed by atoms with Crippen molar-refractivity contribution in [2.45, 2.75) is 63.5 Å². The average Bonchev–Trinajstić information content (AvgIpc) is 3.24. The van der Waals surface area contributed by atoms with Crippen molar-refractivity contribution in [2.75, 3.05) is 13.2 Å². The summed E-state index contributed by atoms with van der Waals surface area (Å²) in [6.07, 6.45) is 3.17. The minimum Gasteiger partial charge on any atom is -0.487 e. The third-order valence-corrected chi connectivity index (χ3v) is 8.52. The fourth-order valence-electron chi connectivity index (χ4n) is 4.65. The Kier molecular flexibility index (Phi) is 8.53. The van der Waals surface area contributed by atoms with Gasteiger partial charge in [0.1, 0.15) is 16.7 Å². The number of aromatic nitrogens is 3. The number of nitrogens with zero attached hydrogens (tertiary/aromatic N) is 4. The van der Waals surface area contributed by atoms with Crippen LogP contribution in [0.15, 0.2) is 53.6 Å². The van der Waals surface area contributed by atoms with Gasteiger partial charge in [0.05, 0.1) is 31.5 Å². The van der Waals surface area contributed by atoms with Gasteiger partial charge in [0, 0.05) is 13.6 Å². The van der Waals surface area contributed by atoms with Crippen molar-refractivity contribution in [2.24, 2.45) is 7.05 Å². The van der Waals surface area contributed by atoms with E-state index in [1.54, 1.807) is 42.7 Å². The van der Waals surface area contributed by atoms with Gasteiger partial charge in [-0.15, -0.1) is 10.8 Å². The molecule has 10 heteroatoms. The first-order valence-corrected chi connectivity index (χ1v) is 14.1. The number of aryl methyl sites for hydroxylation is 3. The van der Waals surface area contributed by atoms with Crippen LogP contribution in [0.5, 0.6) is 5.75 Å². The molecule has 0 bridgehead atoms. The Hall–Kier alpha value is -2.92. The van der Waals surface area contributed by atoms with Gasteiger partial charge in [0.25, 0.3) is 0 Å². The quantitative estimate of drug-likeness (QED) is 0.369. The van der Waals surface area contributed by atoms with Crippen LogP contribution < -0.4 is 4.74 Å². The van der Waals surface area contributed by atoms with Crippen LogP contribution in [0.4, 0.5) is 0 Å². The Bertz CT molecular complexity index is 1230. The smallest absolute Gasteiger partial charge is 0.306 e. The van der Waals surface area contributed by atoms with Crippen LogP contribution in [0.3, 0.4) is 0 Å². The second-order valence-electron chi connectivity index (χ2n) is 9.47. The zero-order chi connectivity index (χ0) is 26.6. The molecule has 0 aliphatic carbocycles. The lowest BCUT2D eigenvalue weighted by molar-refractivity contribution is -0.143. The molecule has 2 unspecified atom stereocenters. The van der Waals surface area contributed by atoms with Crippen molar-refractivity contribution in [1.82, 2.24) is 19.3 Å². The summed E-state index contributed by atoms with van der Waals surface area (Å²) >= 11 is 0. The normalized spacial score (nSPS) is 18.8. The molecule has 0 amide bonds. The molecule has 3 aromatic rings. The summed E-state index contributed by atoms with van der Waals surface area (Å²) in [5, 5.41) is 8.51. The topological polar surface area (TPSA) is 110 Å². The van der Waals surface area contributed by atoms with Crippen molar-refractivity contribution in [3.63, 3.8) is 0 Å². The molecule has 2 aromatic carbocycles. The van der Waals surface area contributed by atoms with Crippen LogP contribution in [0, 0.1) is 6.92 Å². The molecule has 2 N–H and O–H groups in total. The van der Waals surface area contributed by atoms with Gasteiger partial charge in [-0.3, -0.25) is 13.9 Å². The summed E-state index contributed by atoms with van der Waals surface area (Å²) in [4.78, 5) is 14.4. The molecule has 1 aromatic heterocycles. The van der Waals surface area contributed by atoms with Crippen LogP contribution in [-0.2, 0) is 29.5 Å². The first-order valence-electron chi connectivity index (χ1n) is 12.6. The molecule has 0 spiro atoms. The highest BCUT2D eigenvalue weighted by molar-refractivity contribution is 8.22. The largest absolute Gasteiger partial charge is 0.487 e. The van der Waals surface area contributed by atoms with E-state index in [0.717, 1.165) is 22.4 Å². The number of hydrogen-bond donors (Lipinski definition) is 2. The standard InChI is InChI=1S/C27H36N4O5S/c1-5-35-27(32)15-22(12-13-24-16-28-30(4)29-24)21-11-10-19(2)23(14-21)18-31-17-20(3)36-25-8-6-7-9-26(25)37(31,33)34/h6-11,14,16,20,22,33-34H,5,12-13,15,17-18H2,1-4H3. The first kappa shape index (κ1) is 27.1. The number of carbonyl (C=O) groups excluding carboxylic acids is 1. The maximum atomic E-state index is 12.4. The van der Waals surface area contributed by atoms with Gasteiger partial charge in [0.15, 0.2) is 0 Å². The van der Waals surface area contributed by atoms with E-state index < -0.39 is 10.8 Å². The van der Waals surface area contributed by atoms with Gasteiger partial charge in [-0.2, -0.15) is 19.3 Å². The highest BCUT2D eigenvalue weighted by atomic mass is 32.3. The van der Waals surface area contributed by atoms with Gasteiger partial charge in [-0.25, -0.2) is 0 Å². The lowest BCUT2D eigenvalue weighted by Gasteiger charge is -2.42. The summed E-state index contributed by atoms with van der Waals surface area (Å²) in [5.41, 5.74) is 3.88. The monoisotopic (exact) mass is 528 g/mol. The minimum absolute atomic E-state index is 0.0760. The minimum atomic E-state index is -3.25. The molecule has 9 nitrogen and oxygen atoms in total. The number of esters is 1. The maximum absolute atomic E-state index is 12.4. The molecule has 2 atom stereocenters. The van der Waals surface area contributed by atoms with E-state index in [1.807, 2.05) is 32.0 Å². The van der Waals surface area contributed by atoms with E-state index in [0.29, 0.717) is 43.2 Å². The second-order valence-corrected chi connectivity index (χ2v) is 11.5. The fourth-order valence-corrected chi connectivity index (χ4v) is 6.31. The Morgan fingerprint density at radius 2 is 2.05 bits per heavy atom. The van der Waals surface area contributed by atoms with Crippen LogP contribution in [0.25, 0.3) is 0 Å². The fraction of sp³-hybridized carbons (Fsp3) is 0.444. The van der Waals surface area contributed by atoms with E-state index >= 15 is 0 Å². The Morgan fingerprint density at radius 3 is 2.78 bits per heavy atom. The van der Waals surface area contributed by atoms with Crippen LogP contribution in [0.1, 0.15) is 55.0 Å². The van der Waals surface area contributed by atoms with Gasteiger partial charge >= 0.3 is 5.97 Å². The molecule has 1 aliphatic heterocycles. The third kappa shape index (κ3) is 6.51. The predicted molar refractivity (Wildman–Crippen MR) is 143 cm³/mol. The van der Waals surface area contributed by atoms with E-state index in [2.05, 4.69) is 16.3 Å². The molecular formula is C27H36N4O5S. The molecule has 2 heterocycles. The number of benzene rings is 2. The molecule has 0 fully saturated rings. The van der Waals surface area contributed by atoms with Gasteiger partial charge in [-0.05, 0) is 68.4 Å². The molecule has 0 radical (unpaired) electrons. The van der Waals surface area contributed by atoms with Crippen molar-refractivity contribution in [3.05, 3.63) is 71.0 Å². The molecule has 37 heavy (non-hydrogen) atoms. The number of hydrogen-bond acceptors (Lipinski definition) is 8. The van der Waals surface area contributed by atoms with Gasteiger partial charge in [-0.1, -0.05) is 30.3 Å². The number of carbonyl (C=O) groups is 1. The lowest BCUT2D eigenvalue weighted by atomic mass is 9.88. The van der Waals surface area contributed by atoms with Crippen molar-refractivity contribution >= 4 is 16.7 Å². The molecule has 4 rings (SSSR count). The van der Waals surface area contributed by atoms with Crippen molar-refractivity contribution < 1.29 is 23.4 Å². The zero-order valence-electron chi connectivity index (χ0n) is 21.8. The first-order chi connectivity index (χ1) is 17.7. The Morgan fingerprint density at radius 1 is 1.27 bits per heavy atom. The molecule has 200 valence electrons. The predicted octanol–water partition coefficient (Wildman–Crippen LogP) is 5.10. The van der Waals surface area contributed by atoms with E-state index in [1.165, 1.54) is 4.80 Å². The van der Waals surface area contributed by atoms with Crippen molar-refractivity contribution in [1.29, 1.82) is 0 Å². The number of ether oxygens (including phenoxy) is 2. The summed E-state index contributed by atoms with van der Waals surface area (Å²) in [6, 6.07) is 13.2. The summed E-state index contributed by atoms with van der Waals surface area (Å²) in [6.45, 7) is 6.77. The SMILES string of the molecule is CCOC(=O)CC(CCc1cnn(C)n1)c1ccc(C)c(CN2CC(C)Oc3ccccc3S2(O)O)c1. The Labute approximate surface area is 219 Å². The van der Waals surface area contributed by atoms with E-state index in [4.69, 9.17) is 9.47 Å². The summed E-state index contributed by atoms with van der Waals surface area (Å²) < 4.78 is 35.6. The Balaban J connectivity index is 1.61. The third-order valence-electron chi connectivity index (χ3n) is 6.60. The number of rotatable bonds is 9. The lowest BCUT2D eigenvalue weighted by Crippen LogP contribution is -2.33. The number of fused-ring (bicyclic) bond motifs is 1. The molecule has 0 saturated carbocycles. The molecular weight excluding hydrogens is 492 g/mol. The van der Waals surface area contributed by atoms with Gasteiger partial charge in [0.2, 0.25) is 0 Å². The van der Waals surface area contributed by atoms with E-state index in [9.17, 15) is 13.9 Å². The highest BCUT2D eigenvalue weighted by Crippen LogP contribution is 2.57. The second kappa shape index (κ2) is 11.6. The van der Waals surface area contributed by atoms with Crippen LogP contribution in [0.2, 0.25) is 0 Å². The van der Waals surface area contributed by atoms with E-state index in [-0.39, 0.29) is 24.4 Å². The average molecular weight is 529 g/mol. The number of para-hydroxylation sites is 1. The van der Waals surface area contributed by atoms with Crippen LogP contribution in [-0.4, -0.2) is 53.6 Å². The maximum Gasteiger partial charge on any atom is 0.306 e. The summed E-state index contributed by atoms with van der Waals surface area (Å²) in [7, 11) is -1.47. The van der Waals surface area contributed by atoms with Crippen LogP contribution >= 0.6 is 10.8 Å². The zero-order valence-corrected chi connectivity index (χ0v) is 22.6. The summed E-state index contributed by atoms with van der Waals surface area (Å²) in [5.74, 6) is 0.187. The highest BCUT2D eigenvalue weighted by Gasteiger charge is 2.34. The molecule has 1 aliphatic rings.